The zero-order chi connectivity index (χ0) is 14.6. The minimum Gasteiger partial charge on any atom is -0.325 e. The van der Waals surface area contributed by atoms with Crippen LogP contribution in [0.1, 0.15) is 13.8 Å². The fourth-order valence-corrected chi connectivity index (χ4v) is 1.93. The van der Waals surface area contributed by atoms with Crippen LogP contribution in [0, 0.1) is 5.92 Å². The standard InChI is InChI=1S/C12H19N3O3S/c1-8(2)11(13)12(16)14-9-4-6-10(7-5-9)15-19(3,17)18/h4-8,11,15H,13H2,1-3H3,(H,14,16)/t11-/m1/s1. The maximum Gasteiger partial charge on any atom is 0.241 e. The summed E-state index contributed by atoms with van der Waals surface area (Å²) in [6.07, 6.45) is 1.07. The summed E-state index contributed by atoms with van der Waals surface area (Å²) < 4.78 is 24.4. The van der Waals surface area contributed by atoms with Crippen molar-refractivity contribution in [3.05, 3.63) is 24.3 Å². The third-order valence-corrected chi connectivity index (χ3v) is 3.08. The maximum atomic E-state index is 11.7. The number of anilines is 2. The van der Waals surface area contributed by atoms with Crippen molar-refractivity contribution in [3.8, 4) is 0 Å². The Bertz CT molecular complexity index is 538. The highest BCUT2D eigenvalue weighted by Gasteiger charge is 2.17. The van der Waals surface area contributed by atoms with E-state index in [1.807, 2.05) is 13.8 Å². The van der Waals surface area contributed by atoms with Gasteiger partial charge in [-0.3, -0.25) is 9.52 Å². The van der Waals surface area contributed by atoms with Gasteiger partial charge in [0.1, 0.15) is 0 Å². The molecule has 1 aromatic rings. The molecule has 0 aliphatic rings. The molecule has 106 valence electrons. The van der Waals surface area contributed by atoms with Gasteiger partial charge in [-0.25, -0.2) is 8.42 Å². The zero-order valence-corrected chi connectivity index (χ0v) is 12.0. The Morgan fingerprint density at radius 1 is 1.16 bits per heavy atom. The van der Waals surface area contributed by atoms with Crippen LogP contribution in [0.2, 0.25) is 0 Å². The molecule has 0 radical (unpaired) electrons. The molecule has 1 atom stereocenters. The molecule has 0 spiro atoms. The molecule has 1 amide bonds. The van der Waals surface area contributed by atoms with E-state index in [1.165, 1.54) is 0 Å². The first-order valence-electron chi connectivity index (χ1n) is 5.83. The topological polar surface area (TPSA) is 101 Å². The maximum absolute atomic E-state index is 11.7. The predicted molar refractivity (Wildman–Crippen MR) is 76.4 cm³/mol. The number of hydrogen-bond donors (Lipinski definition) is 3. The SMILES string of the molecule is CC(C)[C@@H](N)C(=O)Nc1ccc(NS(C)(=O)=O)cc1. The van der Waals surface area contributed by atoms with Gasteiger partial charge in [0.15, 0.2) is 0 Å². The molecule has 0 heterocycles. The Morgan fingerprint density at radius 3 is 2.05 bits per heavy atom. The van der Waals surface area contributed by atoms with Crippen molar-refractivity contribution < 1.29 is 13.2 Å². The monoisotopic (exact) mass is 285 g/mol. The Balaban J connectivity index is 2.70. The molecule has 0 aromatic heterocycles. The third-order valence-electron chi connectivity index (χ3n) is 2.48. The van der Waals surface area contributed by atoms with Crippen LogP contribution in [0.15, 0.2) is 24.3 Å². The van der Waals surface area contributed by atoms with E-state index in [9.17, 15) is 13.2 Å². The fourth-order valence-electron chi connectivity index (χ4n) is 1.36. The van der Waals surface area contributed by atoms with Gasteiger partial charge in [0.25, 0.3) is 0 Å². The van der Waals surface area contributed by atoms with Crippen LogP contribution in [0.3, 0.4) is 0 Å². The van der Waals surface area contributed by atoms with Gasteiger partial charge >= 0.3 is 0 Å². The van der Waals surface area contributed by atoms with Crippen molar-refractivity contribution in [3.63, 3.8) is 0 Å². The lowest BCUT2D eigenvalue weighted by Crippen LogP contribution is -2.39. The Hall–Kier alpha value is -1.60. The molecular formula is C12H19N3O3S. The lowest BCUT2D eigenvalue weighted by Gasteiger charge is -2.15. The summed E-state index contributed by atoms with van der Waals surface area (Å²) in [6.45, 7) is 3.73. The number of sulfonamides is 1. The average Bonchev–Trinajstić information content (AvgIpc) is 2.28. The number of rotatable bonds is 5. The third kappa shape index (κ3) is 5.27. The second kappa shape index (κ2) is 6.03. The van der Waals surface area contributed by atoms with Crippen LogP contribution in [-0.4, -0.2) is 26.6 Å². The second-order valence-electron chi connectivity index (χ2n) is 4.71. The highest BCUT2D eigenvalue weighted by molar-refractivity contribution is 7.92. The summed E-state index contributed by atoms with van der Waals surface area (Å²) in [7, 11) is -3.30. The Morgan fingerprint density at radius 2 is 1.63 bits per heavy atom. The van der Waals surface area contributed by atoms with E-state index >= 15 is 0 Å². The molecule has 0 unspecified atom stereocenters. The molecule has 6 nitrogen and oxygen atoms in total. The van der Waals surface area contributed by atoms with E-state index < -0.39 is 16.1 Å². The zero-order valence-electron chi connectivity index (χ0n) is 11.2. The first-order valence-corrected chi connectivity index (χ1v) is 7.72. The van der Waals surface area contributed by atoms with Crippen LogP contribution in [0.5, 0.6) is 0 Å². The quantitative estimate of drug-likeness (QED) is 0.750. The van der Waals surface area contributed by atoms with Crippen LogP contribution in [0.25, 0.3) is 0 Å². The smallest absolute Gasteiger partial charge is 0.241 e. The number of hydrogen-bond acceptors (Lipinski definition) is 4. The lowest BCUT2D eigenvalue weighted by atomic mass is 10.0. The predicted octanol–water partition coefficient (Wildman–Crippen LogP) is 0.980. The molecule has 0 fully saturated rings. The summed E-state index contributed by atoms with van der Waals surface area (Å²) in [5.74, 6) is -0.218. The van der Waals surface area contributed by atoms with Crippen LogP contribution in [-0.2, 0) is 14.8 Å². The van der Waals surface area contributed by atoms with Crippen molar-refractivity contribution in [1.29, 1.82) is 0 Å². The summed E-state index contributed by atoms with van der Waals surface area (Å²) in [6, 6.07) is 5.78. The van der Waals surface area contributed by atoms with Crippen LogP contribution < -0.4 is 15.8 Å². The second-order valence-corrected chi connectivity index (χ2v) is 6.46. The highest BCUT2D eigenvalue weighted by atomic mass is 32.2. The summed E-state index contributed by atoms with van der Waals surface area (Å²) in [5.41, 5.74) is 6.73. The van der Waals surface area contributed by atoms with Crippen molar-refractivity contribution in [2.75, 3.05) is 16.3 Å². The molecule has 4 N–H and O–H groups in total. The van der Waals surface area contributed by atoms with Crippen LogP contribution in [0.4, 0.5) is 11.4 Å². The van der Waals surface area contributed by atoms with Gasteiger partial charge in [0.2, 0.25) is 15.9 Å². The minimum atomic E-state index is -3.30. The van der Waals surface area contributed by atoms with Crippen molar-refractivity contribution in [1.82, 2.24) is 0 Å². The van der Waals surface area contributed by atoms with E-state index in [1.54, 1.807) is 24.3 Å². The Kier molecular flexibility index (Phi) is 4.90. The first kappa shape index (κ1) is 15.5. The molecule has 7 heteroatoms. The number of benzene rings is 1. The van der Waals surface area contributed by atoms with Gasteiger partial charge in [-0.1, -0.05) is 13.8 Å². The molecule has 0 bridgehead atoms. The van der Waals surface area contributed by atoms with Gasteiger partial charge in [-0.15, -0.1) is 0 Å². The average molecular weight is 285 g/mol. The van der Waals surface area contributed by atoms with E-state index in [0.29, 0.717) is 11.4 Å². The number of amides is 1. The fraction of sp³-hybridized carbons (Fsp3) is 0.417. The first-order chi connectivity index (χ1) is 8.69. The minimum absolute atomic E-state index is 0.0474. The van der Waals surface area contributed by atoms with Crippen LogP contribution >= 0.6 is 0 Å². The van der Waals surface area contributed by atoms with E-state index in [-0.39, 0.29) is 11.8 Å². The van der Waals surface area contributed by atoms with Gasteiger partial charge in [0, 0.05) is 11.4 Å². The van der Waals surface area contributed by atoms with Gasteiger partial charge in [-0.2, -0.15) is 0 Å². The lowest BCUT2D eigenvalue weighted by molar-refractivity contribution is -0.118. The highest BCUT2D eigenvalue weighted by Crippen LogP contribution is 2.15. The van der Waals surface area contributed by atoms with E-state index in [0.717, 1.165) is 6.26 Å². The molecule has 1 rings (SSSR count). The normalized spacial score (nSPS) is 13.1. The summed E-state index contributed by atoms with van der Waals surface area (Å²) >= 11 is 0. The molecule has 1 aromatic carbocycles. The number of carbonyl (C=O) groups is 1. The molecule has 0 saturated heterocycles. The van der Waals surface area contributed by atoms with Gasteiger partial charge in [0.05, 0.1) is 12.3 Å². The molecule has 0 aliphatic carbocycles. The summed E-state index contributed by atoms with van der Waals surface area (Å²) in [4.78, 5) is 11.7. The van der Waals surface area contributed by atoms with Gasteiger partial charge < -0.3 is 11.1 Å². The number of nitrogens with two attached hydrogens (primary N) is 1. The number of carbonyl (C=O) groups excluding carboxylic acids is 1. The van der Waals surface area contributed by atoms with Crippen molar-refractivity contribution in [2.24, 2.45) is 11.7 Å². The van der Waals surface area contributed by atoms with E-state index in [2.05, 4.69) is 10.0 Å². The molecular weight excluding hydrogens is 266 g/mol. The molecule has 19 heavy (non-hydrogen) atoms. The molecule has 0 saturated carbocycles. The van der Waals surface area contributed by atoms with Gasteiger partial charge in [-0.05, 0) is 30.2 Å². The Labute approximate surface area is 113 Å². The van der Waals surface area contributed by atoms with Crippen molar-refractivity contribution >= 4 is 27.3 Å². The van der Waals surface area contributed by atoms with E-state index in [4.69, 9.17) is 5.73 Å². The van der Waals surface area contributed by atoms with Crippen molar-refractivity contribution in [2.45, 2.75) is 19.9 Å². The molecule has 0 aliphatic heterocycles. The largest absolute Gasteiger partial charge is 0.325 e. The number of nitrogens with one attached hydrogen (secondary N) is 2. The summed E-state index contributed by atoms with van der Waals surface area (Å²) in [5, 5.41) is 2.67.